The van der Waals surface area contributed by atoms with Crippen molar-refractivity contribution in [2.45, 2.75) is 45.3 Å². The van der Waals surface area contributed by atoms with Gasteiger partial charge >= 0.3 is 6.09 Å². The van der Waals surface area contributed by atoms with Crippen LogP contribution in [0.5, 0.6) is 0 Å². The van der Waals surface area contributed by atoms with Crippen LogP contribution in [0.1, 0.15) is 39.7 Å². The maximum atomic E-state index is 12.2. The summed E-state index contributed by atoms with van der Waals surface area (Å²) in [6.07, 6.45) is 7.24. The molecule has 2 aromatic heterocycles. The van der Waals surface area contributed by atoms with Crippen LogP contribution >= 0.6 is 11.6 Å². The number of pyridine rings is 1. The van der Waals surface area contributed by atoms with E-state index in [4.69, 9.17) is 16.3 Å². The minimum Gasteiger partial charge on any atom is -0.444 e. The topological polar surface area (TPSA) is 60.2 Å². The molecule has 0 radical (unpaired) electrons. The van der Waals surface area contributed by atoms with Crippen LogP contribution in [-0.4, -0.2) is 44.4 Å². The lowest BCUT2D eigenvalue weighted by atomic mass is 10.0. The molecule has 152 valence electrons. The lowest BCUT2D eigenvalue weighted by Gasteiger charge is -2.33. The number of rotatable bonds is 2. The van der Waals surface area contributed by atoms with Crippen molar-refractivity contribution >= 4 is 28.5 Å². The number of likely N-dealkylation sites (tertiary alicyclic amines) is 1. The zero-order valence-electron chi connectivity index (χ0n) is 16.9. The number of piperidine rings is 1. The second kappa shape index (κ2) is 7.67. The van der Waals surface area contributed by atoms with E-state index in [-0.39, 0.29) is 12.1 Å². The van der Waals surface area contributed by atoms with Gasteiger partial charge in [0.2, 0.25) is 0 Å². The number of hydrogen-bond acceptors (Lipinski definition) is 4. The lowest BCUT2D eigenvalue weighted by molar-refractivity contribution is 0.0185. The van der Waals surface area contributed by atoms with Crippen LogP contribution in [0.25, 0.3) is 21.9 Å². The molecule has 0 spiro atoms. The first-order valence-corrected chi connectivity index (χ1v) is 10.2. The summed E-state index contributed by atoms with van der Waals surface area (Å²) in [4.78, 5) is 18.2. The number of hydrogen-bond donors (Lipinski definition) is 0. The summed E-state index contributed by atoms with van der Waals surface area (Å²) in [5.41, 5.74) is 1.69. The molecule has 1 saturated heterocycles. The van der Waals surface area contributed by atoms with Gasteiger partial charge < -0.3 is 9.64 Å². The number of nitrogens with zero attached hydrogens (tertiary/aromatic N) is 4. The first kappa shape index (κ1) is 19.7. The predicted molar refractivity (Wildman–Crippen MR) is 114 cm³/mol. The molecule has 3 heterocycles. The minimum absolute atomic E-state index is 0.235. The van der Waals surface area contributed by atoms with Crippen LogP contribution in [0.2, 0.25) is 5.15 Å². The quantitative estimate of drug-likeness (QED) is 0.534. The summed E-state index contributed by atoms with van der Waals surface area (Å²) < 4.78 is 7.49. The molecule has 4 rings (SSSR count). The van der Waals surface area contributed by atoms with Crippen molar-refractivity contribution < 1.29 is 9.53 Å². The number of fused-ring (bicyclic) bond motifs is 1. The van der Waals surface area contributed by atoms with Crippen molar-refractivity contribution in [1.29, 1.82) is 0 Å². The molecule has 6 nitrogen and oxygen atoms in total. The Balaban J connectivity index is 1.44. The van der Waals surface area contributed by atoms with Crippen molar-refractivity contribution in [3.05, 3.63) is 48.0 Å². The number of carbonyl (C=O) groups excluding carboxylic acids is 1. The molecule has 1 aliphatic rings. The van der Waals surface area contributed by atoms with Gasteiger partial charge in [-0.1, -0.05) is 23.7 Å². The van der Waals surface area contributed by atoms with E-state index in [1.807, 2.05) is 43.8 Å². The molecule has 0 saturated carbocycles. The van der Waals surface area contributed by atoms with E-state index in [2.05, 4.69) is 28.4 Å². The molecular weight excluding hydrogens is 388 g/mol. The highest BCUT2D eigenvalue weighted by Gasteiger charge is 2.27. The summed E-state index contributed by atoms with van der Waals surface area (Å²) in [7, 11) is 0. The largest absolute Gasteiger partial charge is 0.444 e. The second-order valence-electron chi connectivity index (χ2n) is 8.48. The van der Waals surface area contributed by atoms with Gasteiger partial charge in [0.25, 0.3) is 0 Å². The molecule has 0 bridgehead atoms. The summed E-state index contributed by atoms with van der Waals surface area (Å²) in [6.45, 7) is 7.02. The van der Waals surface area contributed by atoms with Crippen LogP contribution in [0.4, 0.5) is 4.79 Å². The fourth-order valence-corrected chi connectivity index (χ4v) is 3.79. The van der Waals surface area contributed by atoms with Gasteiger partial charge in [0.15, 0.2) is 0 Å². The lowest BCUT2D eigenvalue weighted by Crippen LogP contribution is -2.42. The van der Waals surface area contributed by atoms with E-state index >= 15 is 0 Å². The Kier molecular flexibility index (Phi) is 5.21. The Morgan fingerprint density at radius 2 is 1.86 bits per heavy atom. The molecule has 29 heavy (non-hydrogen) atoms. The molecule has 1 fully saturated rings. The van der Waals surface area contributed by atoms with Crippen LogP contribution in [-0.2, 0) is 4.74 Å². The van der Waals surface area contributed by atoms with Crippen molar-refractivity contribution in [3.8, 4) is 11.1 Å². The smallest absolute Gasteiger partial charge is 0.410 e. The molecule has 0 atom stereocenters. The monoisotopic (exact) mass is 412 g/mol. The average molecular weight is 413 g/mol. The highest BCUT2D eigenvalue weighted by atomic mass is 35.5. The normalized spacial score (nSPS) is 15.7. The Labute approximate surface area is 175 Å². The van der Waals surface area contributed by atoms with E-state index in [0.717, 1.165) is 34.7 Å². The number of carbonyl (C=O) groups is 1. The number of ether oxygens (including phenoxy) is 1. The number of benzene rings is 1. The van der Waals surface area contributed by atoms with Gasteiger partial charge in [-0.25, -0.2) is 9.78 Å². The Morgan fingerprint density at radius 1 is 1.10 bits per heavy atom. The Morgan fingerprint density at radius 3 is 2.59 bits per heavy atom. The van der Waals surface area contributed by atoms with Gasteiger partial charge in [0.1, 0.15) is 10.8 Å². The van der Waals surface area contributed by atoms with Gasteiger partial charge in [-0.2, -0.15) is 5.10 Å². The van der Waals surface area contributed by atoms with Gasteiger partial charge in [-0.3, -0.25) is 4.68 Å². The number of aromatic nitrogens is 3. The molecule has 0 unspecified atom stereocenters. The summed E-state index contributed by atoms with van der Waals surface area (Å²) in [5.74, 6) is 0. The fraction of sp³-hybridized carbons (Fsp3) is 0.409. The van der Waals surface area contributed by atoms with E-state index in [0.29, 0.717) is 18.2 Å². The van der Waals surface area contributed by atoms with E-state index < -0.39 is 5.60 Å². The van der Waals surface area contributed by atoms with Gasteiger partial charge in [-0.15, -0.1) is 0 Å². The molecule has 1 amide bonds. The Bertz CT molecular complexity index is 1030. The highest BCUT2D eigenvalue weighted by molar-refractivity contribution is 6.30. The van der Waals surface area contributed by atoms with E-state index in [9.17, 15) is 4.79 Å². The second-order valence-corrected chi connectivity index (χ2v) is 8.86. The van der Waals surface area contributed by atoms with E-state index in [1.54, 1.807) is 11.1 Å². The van der Waals surface area contributed by atoms with E-state index in [1.165, 1.54) is 0 Å². The maximum absolute atomic E-state index is 12.2. The first-order chi connectivity index (χ1) is 13.8. The molecule has 1 aromatic carbocycles. The van der Waals surface area contributed by atoms with Gasteiger partial charge in [0, 0.05) is 36.4 Å². The molecule has 1 aliphatic heterocycles. The minimum atomic E-state index is -0.467. The maximum Gasteiger partial charge on any atom is 0.410 e. The highest BCUT2D eigenvalue weighted by Crippen LogP contribution is 2.28. The van der Waals surface area contributed by atoms with Crippen LogP contribution in [0.3, 0.4) is 0 Å². The van der Waals surface area contributed by atoms with Crippen molar-refractivity contribution in [2.75, 3.05) is 13.1 Å². The van der Waals surface area contributed by atoms with Crippen molar-refractivity contribution in [2.24, 2.45) is 0 Å². The predicted octanol–water partition coefficient (Wildman–Crippen LogP) is 5.32. The van der Waals surface area contributed by atoms with Crippen LogP contribution < -0.4 is 0 Å². The Hall–Kier alpha value is -2.60. The van der Waals surface area contributed by atoms with Gasteiger partial charge in [0.05, 0.1) is 12.2 Å². The molecular formula is C22H25ClN4O2. The van der Waals surface area contributed by atoms with Gasteiger partial charge in [-0.05, 0) is 56.7 Å². The molecule has 0 N–H and O–H groups in total. The molecule has 3 aromatic rings. The first-order valence-electron chi connectivity index (χ1n) is 9.86. The van der Waals surface area contributed by atoms with Crippen molar-refractivity contribution in [1.82, 2.24) is 19.7 Å². The standard InChI is InChI=1S/C22H25ClN4O2/c1-22(2,3)29-21(28)26-8-6-19(7-9-26)27-14-18(13-25-27)15-4-5-16-12-24-20(23)11-17(16)10-15/h4-5,10-14,19H,6-9H2,1-3H3. The zero-order valence-corrected chi connectivity index (χ0v) is 17.7. The third kappa shape index (κ3) is 4.53. The third-order valence-electron chi connectivity index (χ3n) is 5.11. The summed E-state index contributed by atoms with van der Waals surface area (Å²) in [6, 6.07) is 8.38. The zero-order chi connectivity index (χ0) is 20.6. The third-order valence-corrected chi connectivity index (χ3v) is 5.32. The van der Waals surface area contributed by atoms with Crippen LogP contribution in [0, 0.1) is 0 Å². The summed E-state index contributed by atoms with van der Waals surface area (Å²) in [5, 5.41) is 7.19. The summed E-state index contributed by atoms with van der Waals surface area (Å²) >= 11 is 6.03. The molecule has 0 aliphatic carbocycles. The number of amides is 1. The SMILES string of the molecule is CC(C)(C)OC(=O)N1CCC(n2cc(-c3ccc4cnc(Cl)cc4c3)cn2)CC1. The van der Waals surface area contributed by atoms with Crippen molar-refractivity contribution in [3.63, 3.8) is 0 Å². The molecule has 7 heteroatoms. The fourth-order valence-electron chi connectivity index (χ4n) is 3.62. The number of halogens is 1. The average Bonchev–Trinajstić information content (AvgIpc) is 3.16. The van der Waals surface area contributed by atoms with Crippen LogP contribution in [0.15, 0.2) is 42.9 Å².